The van der Waals surface area contributed by atoms with Gasteiger partial charge in [0.1, 0.15) is 6.34 Å². The topological polar surface area (TPSA) is 30.9 Å². The predicted molar refractivity (Wildman–Crippen MR) is 71.7 cm³/mol. The molecule has 2 aliphatic heterocycles. The number of anilines is 2. The van der Waals surface area contributed by atoms with Crippen molar-refractivity contribution in [3.8, 4) is 0 Å². The van der Waals surface area contributed by atoms with Crippen molar-refractivity contribution in [2.24, 2.45) is 4.99 Å². The molecule has 0 amide bonds. The highest BCUT2D eigenvalue weighted by Crippen LogP contribution is 2.30. The number of nitrogens with one attached hydrogen (secondary N) is 1. The second-order valence-electron chi connectivity index (χ2n) is 4.50. The largest absolute Gasteiger partial charge is 0.371 e. The maximum absolute atomic E-state index is 4.19. The van der Waals surface area contributed by atoms with E-state index in [0.29, 0.717) is 0 Å². The van der Waals surface area contributed by atoms with Gasteiger partial charge in [-0.15, -0.1) is 0 Å². The summed E-state index contributed by atoms with van der Waals surface area (Å²) in [5.74, 6) is 0. The maximum Gasteiger partial charge on any atom is 0.104 e. The SMILES string of the molecule is CCN1CCc2cc(NN3C=NCC3)ccc21. The highest BCUT2D eigenvalue weighted by molar-refractivity contribution is 5.66. The van der Waals surface area contributed by atoms with Gasteiger partial charge >= 0.3 is 0 Å². The van der Waals surface area contributed by atoms with Gasteiger partial charge in [0.25, 0.3) is 0 Å². The van der Waals surface area contributed by atoms with E-state index < -0.39 is 0 Å². The lowest BCUT2D eigenvalue weighted by molar-refractivity contribution is 0.557. The van der Waals surface area contributed by atoms with E-state index in [9.17, 15) is 0 Å². The first kappa shape index (κ1) is 10.4. The highest BCUT2D eigenvalue weighted by Gasteiger charge is 2.17. The normalized spacial score (nSPS) is 17.7. The molecule has 0 unspecified atom stereocenters. The van der Waals surface area contributed by atoms with Crippen LogP contribution < -0.4 is 10.3 Å². The molecule has 17 heavy (non-hydrogen) atoms. The van der Waals surface area contributed by atoms with E-state index >= 15 is 0 Å². The summed E-state index contributed by atoms with van der Waals surface area (Å²) < 4.78 is 0. The van der Waals surface area contributed by atoms with Gasteiger partial charge < -0.3 is 4.90 Å². The first-order valence-corrected chi connectivity index (χ1v) is 6.28. The second kappa shape index (κ2) is 4.28. The van der Waals surface area contributed by atoms with Crippen LogP contribution >= 0.6 is 0 Å². The van der Waals surface area contributed by atoms with Crippen LogP contribution in [0.1, 0.15) is 12.5 Å². The zero-order valence-electron chi connectivity index (χ0n) is 10.2. The summed E-state index contributed by atoms with van der Waals surface area (Å²) in [6.07, 6.45) is 3.03. The minimum absolute atomic E-state index is 0.890. The van der Waals surface area contributed by atoms with E-state index in [4.69, 9.17) is 0 Å². The fraction of sp³-hybridized carbons (Fsp3) is 0.462. The third-order valence-corrected chi connectivity index (χ3v) is 3.42. The molecule has 3 rings (SSSR count). The third kappa shape index (κ3) is 1.95. The number of nitrogens with zero attached hydrogens (tertiary/aromatic N) is 3. The Balaban J connectivity index is 1.77. The molecule has 0 bridgehead atoms. The summed E-state index contributed by atoms with van der Waals surface area (Å²) in [6, 6.07) is 6.64. The summed E-state index contributed by atoms with van der Waals surface area (Å²) in [4.78, 5) is 6.62. The molecule has 2 aliphatic rings. The standard InChI is InChI=1S/C13H18N4/c1-2-16-7-5-11-9-12(3-4-13(11)16)15-17-8-6-14-10-17/h3-4,9-10,15H,2,5-8H2,1H3. The van der Waals surface area contributed by atoms with Gasteiger partial charge in [0, 0.05) is 18.8 Å². The lowest BCUT2D eigenvalue weighted by atomic mass is 10.1. The fourth-order valence-corrected chi connectivity index (χ4v) is 2.50. The van der Waals surface area contributed by atoms with Crippen molar-refractivity contribution in [2.75, 3.05) is 36.5 Å². The van der Waals surface area contributed by atoms with Crippen molar-refractivity contribution in [3.63, 3.8) is 0 Å². The predicted octanol–water partition coefficient (Wildman–Crippen LogP) is 1.74. The molecule has 0 spiro atoms. The van der Waals surface area contributed by atoms with E-state index in [0.717, 1.165) is 38.3 Å². The summed E-state index contributed by atoms with van der Waals surface area (Å²) in [7, 11) is 0. The van der Waals surface area contributed by atoms with Gasteiger partial charge in [-0.1, -0.05) is 0 Å². The minimum Gasteiger partial charge on any atom is -0.371 e. The van der Waals surface area contributed by atoms with Gasteiger partial charge in [0.15, 0.2) is 0 Å². The molecule has 1 N–H and O–H groups in total. The van der Waals surface area contributed by atoms with Crippen LogP contribution in [0, 0.1) is 0 Å². The Hall–Kier alpha value is -1.71. The number of hydrogen-bond acceptors (Lipinski definition) is 4. The highest BCUT2D eigenvalue weighted by atomic mass is 15.5. The molecule has 2 heterocycles. The van der Waals surface area contributed by atoms with E-state index in [2.05, 4.69) is 40.4 Å². The van der Waals surface area contributed by atoms with E-state index in [1.54, 1.807) is 0 Å². The minimum atomic E-state index is 0.890. The van der Waals surface area contributed by atoms with Crippen molar-refractivity contribution in [1.82, 2.24) is 5.01 Å². The Morgan fingerprint density at radius 1 is 1.35 bits per heavy atom. The van der Waals surface area contributed by atoms with Crippen molar-refractivity contribution in [2.45, 2.75) is 13.3 Å². The monoisotopic (exact) mass is 230 g/mol. The molecular formula is C13H18N4. The molecule has 0 fully saturated rings. The van der Waals surface area contributed by atoms with Gasteiger partial charge in [-0.3, -0.25) is 15.4 Å². The number of fused-ring (bicyclic) bond motifs is 1. The second-order valence-corrected chi connectivity index (χ2v) is 4.50. The first-order valence-electron chi connectivity index (χ1n) is 6.28. The summed E-state index contributed by atoms with van der Waals surface area (Å²) in [5, 5.41) is 2.04. The molecule has 1 aromatic rings. The van der Waals surface area contributed by atoms with E-state index in [1.807, 2.05) is 11.3 Å². The summed E-state index contributed by atoms with van der Waals surface area (Å²) in [5.41, 5.74) is 7.38. The van der Waals surface area contributed by atoms with Crippen LogP contribution in [0.15, 0.2) is 23.2 Å². The van der Waals surface area contributed by atoms with Crippen LogP contribution in [0.2, 0.25) is 0 Å². The molecule has 0 aliphatic carbocycles. The number of aliphatic imine (C=N–C) groups is 1. The smallest absolute Gasteiger partial charge is 0.104 e. The lowest BCUT2D eigenvalue weighted by Gasteiger charge is -2.19. The van der Waals surface area contributed by atoms with Crippen LogP contribution in [0.5, 0.6) is 0 Å². The third-order valence-electron chi connectivity index (χ3n) is 3.42. The molecule has 1 aromatic carbocycles. The number of hydrogen-bond donors (Lipinski definition) is 1. The molecular weight excluding hydrogens is 212 g/mol. The van der Waals surface area contributed by atoms with Gasteiger partial charge in [0.2, 0.25) is 0 Å². The molecule has 0 aromatic heterocycles. The molecule has 90 valence electrons. The Labute approximate surface area is 102 Å². The van der Waals surface area contributed by atoms with Gasteiger partial charge in [-0.25, -0.2) is 0 Å². The first-order chi connectivity index (χ1) is 8.36. The number of benzene rings is 1. The average molecular weight is 230 g/mol. The number of rotatable bonds is 3. The average Bonchev–Trinajstić information content (AvgIpc) is 2.97. The Morgan fingerprint density at radius 3 is 3.06 bits per heavy atom. The van der Waals surface area contributed by atoms with Crippen LogP contribution in [0.3, 0.4) is 0 Å². The number of likely N-dealkylation sites (N-methyl/N-ethyl adjacent to an activating group) is 1. The van der Waals surface area contributed by atoms with Crippen molar-refractivity contribution in [3.05, 3.63) is 23.8 Å². The van der Waals surface area contributed by atoms with Gasteiger partial charge in [0.05, 0.1) is 18.8 Å². The molecule has 4 nitrogen and oxygen atoms in total. The number of hydrazine groups is 1. The molecule has 4 heteroatoms. The quantitative estimate of drug-likeness (QED) is 0.858. The summed E-state index contributed by atoms with van der Waals surface area (Å²) >= 11 is 0. The van der Waals surface area contributed by atoms with Crippen LogP contribution in [-0.2, 0) is 6.42 Å². The van der Waals surface area contributed by atoms with Crippen LogP contribution in [0.4, 0.5) is 11.4 Å². The molecule has 0 atom stereocenters. The zero-order valence-corrected chi connectivity index (χ0v) is 10.2. The van der Waals surface area contributed by atoms with Gasteiger partial charge in [-0.2, -0.15) is 0 Å². The Bertz CT molecular complexity index is 441. The van der Waals surface area contributed by atoms with Crippen molar-refractivity contribution < 1.29 is 0 Å². The molecule has 0 saturated heterocycles. The van der Waals surface area contributed by atoms with Crippen molar-refractivity contribution >= 4 is 17.7 Å². The lowest BCUT2D eigenvalue weighted by Crippen LogP contribution is -2.26. The Morgan fingerprint density at radius 2 is 2.29 bits per heavy atom. The fourth-order valence-electron chi connectivity index (χ4n) is 2.50. The summed E-state index contributed by atoms with van der Waals surface area (Å²) in [6.45, 7) is 6.31. The van der Waals surface area contributed by atoms with Crippen LogP contribution in [-0.4, -0.2) is 37.5 Å². The van der Waals surface area contributed by atoms with Crippen LogP contribution in [0.25, 0.3) is 0 Å². The van der Waals surface area contributed by atoms with Gasteiger partial charge in [-0.05, 0) is 37.1 Å². The zero-order chi connectivity index (χ0) is 11.7. The molecule has 0 radical (unpaired) electrons. The van der Waals surface area contributed by atoms with E-state index in [-0.39, 0.29) is 0 Å². The van der Waals surface area contributed by atoms with Crippen molar-refractivity contribution in [1.29, 1.82) is 0 Å². The molecule has 0 saturated carbocycles. The van der Waals surface area contributed by atoms with E-state index in [1.165, 1.54) is 11.3 Å². The Kier molecular flexibility index (Phi) is 2.63. The maximum atomic E-state index is 4.19.